The predicted octanol–water partition coefficient (Wildman–Crippen LogP) is 6.24. The Bertz CT molecular complexity index is 1390. The van der Waals surface area contributed by atoms with Gasteiger partial charge in [-0.2, -0.15) is 10.5 Å². The van der Waals surface area contributed by atoms with Crippen molar-refractivity contribution in [3.8, 4) is 17.8 Å². The molecule has 166 valence electrons. The molecule has 1 aromatic carbocycles. The lowest BCUT2D eigenvalue weighted by Crippen LogP contribution is -2.13. The van der Waals surface area contributed by atoms with Crippen LogP contribution in [0.3, 0.4) is 0 Å². The maximum Gasteiger partial charge on any atom is 0.266 e. The second-order valence-electron chi connectivity index (χ2n) is 7.91. The van der Waals surface area contributed by atoms with Crippen molar-refractivity contribution in [2.75, 3.05) is 5.32 Å². The van der Waals surface area contributed by atoms with Crippen molar-refractivity contribution in [2.45, 2.75) is 39.5 Å². The van der Waals surface area contributed by atoms with Gasteiger partial charge in [0, 0.05) is 22.0 Å². The first-order chi connectivity index (χ1) is 15.8. The summed E-state index contributed by atoms with van der Waals surface area (Å²) in [5.41, 5.74) is 4.45. The third kappa shape index (κ3) is 4.30. The molecule has 2 heterocycles. The number of nitrogens with zero attached hydrogens (tertiary/aromatic N) is 3. The average molecular weight is 479 g/mol. The Morgan fingerprint density at radius 1 is 1.24 bits per heavy atom. The fourth-order valence-corrected chi connectivity index (χ4v) is 5.61. The van der Waals surface area contributed by atoms with Crippen LogP contribution in [0.15, 0.2) is 29.8 Å². The minimum Gasteiger partial charge on any atom is -0.318 e. The second kappa shape index (κ2) is 9.23. The van der Waals surface area contributed by atoms with Gasteiger partial charge in [0.1, 0.15) is 28.5 Å². The molecule has 0 aliphatic heterocycles. The number of aryl methyl sites for hydroxylation is 2. The highest BCUT2D eigenvalue weighted by atomic mass is 35.5. The molecular formula is C25H20ClFN4OS. The van der Waals surface area contributed by atoms with Gasteiger partial charge in [-0.1, -0.05) is 11.6 Å². The minimum atomic E-state index is -0.553. The van der Waals surface area contributed by atoms with Gasteiger partial charge in [-0.25, -0.2) is 4.39 Å². The highest BCUT2D eigenvalue weighted by Crippen LogP contribution is 2.38. The molecule has 0 spiro atoms. The van der Waals surface area contributed by atoms with E-state index >= 15 is 0 Å². The van der Waals surface area contributed by atoms with E-state index in [-0.39, 0.29) is 10.6 Å². The SMILES string of the molecule is Cc1cc(/C=C(\C#N)C(=O)Nc2sc3c(c2C#N)CCCC3)c(C)n1-c1ccc(F)c(Cl)c1. The summed E-state index contributed by atoms with van der Waals surface area (Å²) in [6.45, 7) is 3.73. The summed E-state index contributed by atoms with van der Waals surface area (Å²) in [5, 5.41) is 22.6. The van der Waals surface area contributed by atoms with Crippen molar-refractivity contribution < 1.29 is 9.18 Å². The standard InChI is InChI=1S/C25H20ClFN4OS/c1-14-9-16(15(2)31(14)18-7-8-22(27)21(26)11-18)10-17(12-28)24(32)30-25-20(13-29)19-5-3-4-6-23(19)33-25/h7-11H,3-6H2,1-2H3,(H,30,32)/b17-10+. The number of nitrogens with one attached hydrogen (secondary N) is 1. The number of carbonyl (C=O) groups is 1. The highest BCUT2D eigenvalue weighted by molar-refractivity contribution is 7.16. The number of thiophene rings is 1. The molecule has 2 aromatic heterocycles. The largest absolute Gasteiger partial charge is 0.318 e. The van der Waals surface area contributed by atoms with Crippen LogP contribution in [0.25, 0.3) is 11.8 Å². The maximum atomic E-state index is 13.6. The number of rotatable bonds is 4. The molecule has 0 unspecified atom stereocenters. The topological polar surface area (TPSA) is 81.6 Å². The lowest BCUT2D eigenvalue weighted by Gasteiger charge is -2.10. The monoisotopic (exact) mass is 478 g/mol. The number of aromatic nitrogens is 1. The minimum absolute atomic E-state index is 0.0149. The molecule has 0 fully saturated rings. The van der Waals surface area contributed by atoms with E-state index in [4.69, 9.17) is 11.6 Å². The number of nitriles is 2. The highest BCUT2D eigenvalue weighted by Gasteiger charge is 2.23. The Morgan fingerprint density at radius 3 is 2.70 bits per heavy atom. The molecule has 5 nitrogen and oxygen atoms in total. The lowest BCUT2D eigenvalue weighted by molar-refractivity contribution is -0.112. The van der Waals surface area contributed by atoms with Crippen LogP contribution in [0.2, 0.25) is 5.02 Å². The molecule has 1 N–H and O–H groups in total. The van der Waals surface area contributed by atoms with Gasteiger partial charge in [0.25, 0.3) is 5.91 Å². The summed E-state index contributed by atoms with van der Waals surface area (Å²) in [6.07, 6.45) is 5.38. The number of amides is 1. The number of hydrogen-bond acceptors (Lipinski definition) is 4. The van der Waals surface area contributed by atoms with Gasteiger partial charge < -0.3 is 9.88 Å². The maximum absolute atomic E-state index is 13.6. The summed E-state index contributed by atoms with van der Waals surface area (Å²) in [4.78, 5) is 14.0. The molecule has 4 rings (SSSR count). The van der Waals surface area contributed by atoms with Gasteiger partial charge in [0.2, 0.25) is 0 Å². The normalized spacial score (nSPS) is 13.2. The van der Waals surface area contributed by atoms with Crippen molar-refractivity contribution >= 4 is 39.9 Å². The van der Waals surface area contributed by atoms with Crippen LogP contribution in [-0.2, 0) is 17.6 Å². The third-order valence-electron chi connectivity index (χ3n) is 5.81. The molecule has 0 saturated heterocycles. The number of hydrogen-bond donors (Lipinski definition) is 1. The van der Waals surface area contributed by atoms with E-state index in [1.165, 1.54) is 29.5 Å². The molecule has 0 atom stereocenters. The Labute approximate surface area is 200 Å². The Kier molecular flexibility index (Phi) is 6.37. The summed E-state index contributed by atoms with van der Waals surface area (Å²) in [5.74, 6) is -1.05. The molecule has 1 aliphatic carbocycles. The molecule has 33 heavy (non-hydrogen) atoms. The number of halogens is 2. The summed E-state index contributed by atoms with van der Waals surface area (Å²) in [7, 11) is 0. The molecule has 0 saturated carbocycles. The van der Waals surface area contributed by atoms with E-state index < -0.39 is 11.7 Å². The van der Waals surface area contributed by atoms with Gasteiger partial charge in [0.05, 0.1) is 10.6 Å². The van der Waals surface area contributed by atoms with Crippen molar-refractivity contribution in [1.29, 1.82) is 10.5 Å². The summed E-state index contributed by atoms with van der Waals surface area (Å²) in [6, 6.07) is 10.5. The van der Waals surface area contributed by atoms with Crippen LogP contribution in [0.5, 0.6) is 0 Å². The number of fused-ring (bicyclic) bond motifs is 1. The van der Waals surface area contributed by atoms with Crippen molar-refractivity contribution in [3.63, 3.8) is 0 Å². The first-order valence-corrected chi connectivity index (χ1v) is 11.7. The van der Waals surface area contributed by atoms with Crippen molar-refractivity contribution in [2.24, 2.45) is 0 Å². The van der Waals surface area contributed by atoms with Crippen LogP contribution in [-0.4, -0.2) is 10.5 Å². The fraction of sp³-hybridized carbons (Fsp3) is 0.240. The van der Waals surface area contributed by atoms with Gasteiger partial charge in [0.15, 0.2) is 0 Å². The lowest BCUT2D eigenvalue weighted by atomic mass is 9.96. The van der Waals surface area contributed by atoms with Crippen LogP contribution >= 0.6 is 22.9 Å². The van der Waals surface area contributed by atoms with Crippen molar-refractivity contribution in [1.82, 2.24) is 4.57 Å². The second-order valence-corrected chi connectivity index (χ2v) is 9.42. The van der Waals surface area contributed by atoms with E-state index in [0.29, 0.717) is 21.8 Å². The molecular weight excluding hydrogens is 459 g/mol. The third-order valence-corrected chi connectivity index (χ3v) is 7.30. The van der Waals surface area contributed by atoms with Crippen molar-refractivity contribution in [3.05, 3.63) is 73.6 Å². The number of anilines is 1. The Balaban J connectivity index is 1.66. The molecule has 3 aromatic rings. The van der Waals surface area contributed by atoms with E-state index in [9.17, 15) is 19.7 Å². The Hall–Kier alpha value is -3.39. The van der Waals surface area contributed by atoms with Gasteiger partial charge in [-0.15, -0.1) is 11.3 Å². The fourth-order valence-electron chi connectivity index (χ4n) is 4.20. The van der Waals surface area contributed by atoms with Crippen LogP contribution < -0.4 is 5.32 Å². The number of carbonyl (C=O) groups excluding carboxylic acids is 1. The molecule has 1 amide bonds. The molecule has 0 bridgehead atoms. The smallest absolute Gasteiger partial charge is 0.266 e. The van der Waals surface area contributed by atoms with E-state index in [2.05, 4.69) is 11.4 Å². The van der Waals surface area contributed by atoms with E-state index in [1.54, 1.807) is 6.07 Å². The van der Waals surface area contributed by atoms with Crippen LogP contribution in [0, 0.1) is 42.3 Å². The van der Waals surface area contributed by atoms with E-state index in [1.807, 2.05) is 30.6 Å². The van der Waals surface area contributed by atoms with Crippen LogP contribution in [0.1, 0.15) is 45.8 Å². The summed E-state index contributed by atoms with van der Waals surface area (Å²) >= 11 is 7.36. The molecule has 1 aliphatic rings. The van der Waals surface area contributed by atoms with Gasteiger partial charge >= 0.3 is 0 Å². The predicted molar refractivity (Wildman–Crippen MR) is 128 cm³/mol. The Morgan fingerprint density at radius 2 is 2.00 bits per heavy atom. The quantitative estimate of drug-likeness (QED) is 0.355. The average Bonchev–Trinajstić information content (AvgIpc) is 3.29. The summed E-state index contributed by atoms with van der Waals surface area (Å²) < 4.78 is 15.5. The zero-order chi connectivity index (χ0) is 23.7. The van der Waals surface area contributed by atoms with Gasteiger partial charge in [-0.3, -0.25) is 4.79 Å². The number of benzene rings is 1. The first-order valence-electron chi connectivity index (χ1n) is 10.5. The first kappa shape index (κ1) is 22.8. The van der Waals surface area contributed by atoms with E-state index in [0.717, 1.165) is 47.5 Å². The molecule has 0 radical (unpaired) electrons. The zero-order valence-electron chi connectivity index (χ0n) is 18.1. The van der Waals surface area contributed by atoms with Gasteiger partial charge in [-0.05, 0) is 81.0 Å². The van der Waals surface area contributed by atoms with Crippen LogP contribution in [0.4, 0.5) is 9.39 Å². The zero-order valence-corrected chi connectivity index (χ0v) is 19.7. The molecule has 8 heteroatoms.